The van der Waals surface area contributed by atoms with E-state index in [9.17, 15) is 4.79 Å². The van der Waals surface area contributed by atoms with E-state index in [0.29, 0.717) is 17.7 Å². The fourth-order valence-electron chi connectivity index (χ4n) is 4.03. The quantitative estimate of drug-likeness (QED) is 0.894. The molecule has 1 amide bonds. The largest absolute Gasteiger partial charge is 0.333 e. The van der Waals surface area contributed by atoms with Crippen molar-refractivity contribution < 1.29 is 4.79 Å². The smallest absolute Gasteiger partial charge is 0.275 e. The van der Waals surface area contributed by atoms with Crippen molar-refractivity contribution in [2.24, 2.45) is 0 Å². The Hall–Kier alpha value is -0.880. The summed E-state index contributed by atoms with van der Waals surface area (Å²) in [6.45, 7) is 5.42. The molecule has 2 saturated heterocycles. The summed E-state index contributed by atoms with van der Waals surface area (Å²) in [6, 6.07) is 0.797. The summed E-state index contributed by atoms with van der Waals surface area (Å²) in [5.41, 5.74) is 1.67. The molecule has 1 aromatic heterocycles. The van der Waals surface area contributed by atoms with Crippen molar-refractivity contribution in [3.63, 3.8) is 0 Å². The molecule has 2 atom stereocenters. The molecule has 1 saturated carbocycles. The van der Waals surface area contributed by atoms with Crippen LogP contribution < -0.4 is 0 Å². The van der Waals surface area contributed by atoms with Gasteiger partial charge in [-0.2, -0.15) is 5.10 Å². The van der Waals surface area contributed by atoms with Gasteiger partial charge >= 0.3 is 0 Å². The lowest BCUT2D eigenvalue weighted by Crippen LogP contribution is -2.44. The molecular weight excluding hydrogens is 344 g/mol. The minimum absolute atomic E-state index is 0.0734. The molecule has 5 nitrogen and oxygen atoms in total. The van der Waals surface area contributed by atoms with Crippen molar-refractivity contribution in [2.75, 3.05) is 19.6 Å². The van der Waals surface area contributed by atoms with E-state index < -0.39 is 0 Å². The van der Waals surface area contributed by atoms with Crippen LogP contribution in [0.5, 0.6) is 0 Å². The van der Waals surface area contributed by atoms with Crippen LogP contribution in [0, 0.1) is 0 Å². The van der Waals surface area contributed by atoms with Crippen LogP contribution in [0.4, 0.5) is 0 Å². The van der Waals surface area contributed by atoms with Gasteiger partial charge < -0.3 is 4.90 Å². The van der Waals surface area contributed by atoms with Crippen molar-refractivity contribution in [3.8, 4) is 0 Å². The Morgan fingerprint density at radius 2 is 1.95 bits per heavy atom. The molecular formula is C16H23BrN4O. The van der Waals surface area contributed by atoms with Crippen LogP contribution in [0.15, 0.2) is 4.47 Å². The van der Waals surface area contributed by atoms with E-state index in [1.807, 2.05) is 4.90 Å². The fraction of sp³-hybridized carbons (Fsp3) is 0.750. The summed E-state index contributed by atoms with van der Waals surface area (Å²) >= 11 is 3.59. The first-order valence-corrected chi connectivity index (χ1v) is 9.25. The third-order valence-electron chi connectivity index (χ3n) is 5.51. The maximum Gasteiger partial charge on any atom is 0.275 e. The van der Waals surface area contributed by atoms with Gasteiger partial charge in [-0.3, -0.25) is 14.8 Å². The minimum atomic E-state index is 0.0734. The number of likely N-dealkylation sites (tertiary alicyclic amines) is 2. The van der Waals surface area contributed by atoms with E-state index in [1.54, 1.807) is 0 Å². The second kappa shape index (κ2) is 5.64. The first-order valence-electron chi connectivity index (χ1n) is 8.45. The number of carbonyl (C=O) groups is 1. The topological polar surface area (TPSA) is 52.2 Å². The Bertz CT molecular complexity index is 577. The average molecular weight is 367 g/mol. The second-order valence-corrected chi connectivity index (χ2v) is 7.71. The van der Waals surface area contributed by atoms with Gasteiger partial charge in [0.05, 0.1) is 10.2 Å². The third-order valence-corrected chi connectivity index (χ3v) is 6.31. The van der Waals surface area contributed by atoms with E-state index in [-0.39, 0.29) is 11.9 Å². The van der Waals surface area contributed by atoms with Crippen LogP contribution in [-0.4, -0.2) is 57.6 Å². The standard InChI is InChI=1S/C16H23BrN4O/c1-10-12(20-7-2-3-8-20)6-9-21(10)16(22)15-13(17)14(18-19-15)11-4-5-11/h10-12H,2-9H2,1H3,(H,18,19). The molecule has 1 aliphatic carbocycles. The number of nitrogens with one attached hydrogen (secondary N) is 1. The van der Waals surface area contributed by atoms with E-state index >= 15 is 0 Å². The lowest BCUT2D eigenvalue weighted by molar-refractivity contribution is 0.0705. The SMILES string of the molecule is CC1C(N2CCCC2)CCN1C(=O)c1n[nH]c(C2CC2)c1Br. The highest BCUT2D eigenvalue weighted by Crippen LogP contribution is 2.43. The molecule has 2 unspecified atom stereocenters. The number of H-pyrrole nitrogens is 1. The third kappa shape index (κ3) is 2.40. The maximum atomic E-state index is 12.9. The monoisotopic (exact) mass is 366 g/mol. The molecule has 4 rings (SSSR count). The molecule has 2 aliphatic heterocycles. The Morgan fingerprint density at radius 1 is 1.23 bits per heavy atom. The highest BCUT2D eigenvalue weighted by atomic mass is 79.9. The molecule has 0 bridgehead atoms. The summed E-state index contributed by atoms with van der Waals surface area (Å²) in [7, 11) is 0. The fourth-order valence-corrected chi connectivity index (χ4v) is 4.70. The number of carbonyl (C=O) groups excluding carboxylic acids is 1. The molecule has 6 heteroatoms. The molecule has 1 N–H and O–H groups in total. The Kier molecular flexibility index (Phi) is 3.77. The van der Waals surface area contributed by atoms with Gasteiger partial charge in [0, 0.05) is 24.5 Å². The summed E-state index contributed by atoms with van der Waals surface area (Å²) in [6.07, 6.45) is 6.08. The predicted octanol–water partition coefficient (Wildman–Crippen LogP) is 2.75. The zero-order chi connectivity index (χ0) is 15.3. The highest BCUT2D eigenvalue weighted by Gasteiger charge is 2.40. The molecule has 3 aliphatic rings. The first kappa shape index (κ1) is 14.7. The molecule has 1 aromatic rings. The van der Waals surface area contributed by atoms with Crippen LogP contribution in [0.25, 0.3) is 0 Å². The lowest BCUT2D eigenvalue weighted by atomic mass is 10.1. The van der Waals surface area contributed by atoms with Gasteiger partial charge in [0.2, 0.25) is 0 Å². The van der Waals surface area contributed by atoms with E-state index in [4.69, 9.17) is 0 Å². The van der Waals surface area contributed by atoms with Gasteiger partial charge in [0.25, 0.3) is 5.91 Å². The van der Waals surface area contributed by atoms with Crippen LogP contribution in [-0.2, 0) is 0 Å². The highest BCUT2D eigenvalue weighted by molar-refractivity contribution is 9.10. The molecule has 120 valence electrons. The molecule has 0 spiro atoms. The van der Waals surface area contributed by atoms with Crippen LogP contribution >= 0.6 is 15.9 Å². The van der Waals surface area contributed by atoms with Gasteiger partial charge in [-0.15, -0.1) is 0 Å². The Balaban J connectivity index is 1.50. The number of hydrogen-bond acceptors (Lipinski definition) is 3. The van der Waals surface area contributed by atoms with Gasteiger partial charge in [-0.1, -0.05) is 0 Å². The first-order chi connectivity index (χ1) is 10.7. The maximum absolute atomic E-state index is 12.9. The Morgan fingerprint density at radius 3 is 2.64 bits per heavy atom. The lowest BCUT2D eigenvalue weighted by Gasteiger charge is -2.30. The van der Waals surface area contributed by atoms with Crippen LogP contribution in [0.1, 0.15) is 61.1 Å². The van der Waals surface area contributed by atoms with Gasteiger partial charge in [0.1, 0.15) is 0 Å². The van der Waals surface area contributed by atoms with Gasteiger partial charge in [0.15, 0.2) is 5.69 Å². The van der Waals surface area contributed by atoms with Crippen LogP contribution in [0.2, 0.25) is 0 Å². The number of halogens is 1. The normalized spacial score (nSPS) is 29.5. The van der Waals surface area contributed by atoms with E-state index in [1.165, 1.54) is 38.8 Å². The van der Waals surface area contributed by atoms with Gasteiger partial charge in [-0.05, 0) is 68.0 Å². The number of nitrogens with zero attached hydrogens (tertiary/aromatic N) is 3. The Labute approximate surface area is 139 Å². The number of aromatic nitrogens is 2. The van der Waals surface area contributed by atoms with Crippen molar-refractivity contribution >= 4 is 21.8 Å². The van der Waals surface area contributed by atoms with Crippen molar-refractivity contribution in [1.82, 2.24) is 20.0 Å². The summed E-state index contributed by atoms with van der Waals surface area (Å²) < 4.78 is 0.886. The van der Waals surface area contributed by atoms with Crippen LogP contribution in [0.3, 0.4) is 0 Å². The average Bonchev–Trinajstić information content (AvgIpc) is 2.91. The second-order valence-electron chi connectivity index (χ2n) is 6.91. The minimum Gasteiger partial charge on any atom is -0.333 e. The zero-order valence-corrected chi connectivity index (χ0v) is 14.6. The van der Waals surface area contributed by atoms with E-state index in [2.05, 4.69) is 38.0 Å². The molecule has 0 aromatic carbocycles. The molecule has 3 fully saturated rings. The van der Waals surface area contributed by atoms with E-state index in [0.717, 1.165) is 23.1 Å². The summed E-state index contributed by atoms with van der Waals surface area (Å²) in [5.74, 6) is 0.640. The molecule has 0 radical (unpaired) electrons. The number of hydrogen-bond donors (Lipinski definition) is 1. The predicted molar refractivity (Wildman–Crippen MR) is 88.0 cm³/mol. The zero-order valence-electron chi connectivity index (χ0n) is 13.0. The molecule has 3 heterocycles. The summed E-state index contributed by atoms with van der Waals surface area (Å²) in [5, 5.41) is 7.37. The van der Waals surface area contributed by atoms with Gasteiger partial charge in [-0.25, -0.2) is 0 Å². The van der Waals surface area contributed by atoms with Crippen molar-refractivity contribution in [3.05, 3.63) is 15.9 Å². The number of rotatable bonds is 3. The summed E-state index contributed by atoms with van der Waals surface area (Å²) in [4.78, 5) is 17.5. The number of aromatic amines is 1. The van der Waals surface area contributed by atoms with Crippen molar-refractivity contribution in [1.29, 1.82) is 0 Å². The number of amides is 1. The molecule has 22 heavy (non-hydrogen) atoms. The van der Waals surface area contributed by atoms with Crippen molar-refractivity contribution in [2.45, 2.75) is 57.0 Å².